The van der Waals surface area contributed by atoms with Gasteiger partial charge in [-0.05, 0) is 36.4 Å². The van der Waals surface area contributed by atoms with Crippen LogP contribution in [-0.4, -0.2) is 16.9 Å². The number of hydrogen-bond acceptors (Lipinski definition) is 1. The average Bonchev–Trinajstić information content (AvgIpc) is 2.71. The summed E-state index contributed by atoms with van der Waals surface area (Å²) in [5.41, 5.74) is 6.37. The van der Waals surface area contributed by atoms with Gasteiger partial charge in [-0.25, -0.2) is 0 Å². The lowest BCUT2D eigenvalue weighted by Crippen LogP contribution is -2.15. The lowest BCUT2D eigenvalue weighted by molar-refractivity contribution is 0.324. The molecule has 2 nitrogen and oxygen atoms in total. The van der Waals surface area contributed by atoms with E-state index in [4.69, 9.17) is 11.6 Å². The van der Waals surface area contributed by atoms with E-state index in [-0.39, 0.29) is 0 Å². The molecular weight excluding hydrogens is 268 g/mol. The zero-order chi connectivity index (χ0) is 13.7. The van der Waals surface area contributed by atoms with Crippen LogP contribution >= 0.6 is 11.6 Å². The summed E-state index contributed by atoms with van der Waals surface area (Å²) in [6, 6.07) is 14.7. The van der Waals surface area contributed by atoms with E-state index in [0.29, 0.717) is 0 Å². The average molecular weight is 283 g/mol. The van der Waals surface area contributed by atoms with Crippen LogP contribution in [0.2, 0.25) is 5.02 Å². The molecule has 0 radical (unpaired) electrons. The number of fused-ring (bicyclic) bond motifs is 5. The predicted octanol–water partition coefficient (Wildman–Crippen LogP) is 4.43. The van der Waals surface area contributed by atoms with E-state index in [1.807, 2.05) is 6.07 Å². The van der Waals surface area contributed by atoms with Crippen molar-refractivity contribution in [3.8, 4) is 11.3 Å². The molecule has 100 valence electrons. The van der Waals surface area contributed by atoms with Crippen molar-refractivity contribution in [2.45, 2.75) is 13.1 Å². The Hall–Kier alpha value is -1.77. The number of para-hydroxylation sites is 1. The second-order valence-electron chi connectivity index (χ2n) is 5.50. The number of aromatic nitrogens is 1. The van der Waals surface area contributed by atoms with Gasteiger partial charge >= 0.3 is 0 Å². The maximum absolute atomic E-state index is 6.15. The molecule has 0 saturated heterocycles. The third-order valence-corrected chi connectivity index (χ3v) is 4.25. The van der Waals surface area contributed by atoms with Gasteiger partial charge < -0.3 is 4.98 Å². The van der Waals surface area contributed by atoms with E-state index in [0.717, 1.165) is 18.1 Å². The molecule has 1 N–H and O–H groups in total. The zero-order valence-electron chi connectivity index (χ0n) is 11.3. The van der Waals surface area contributed by atoms with Crippen molar-refractivity contribution in [3.63, 3.8) is 0 Å². The van der Waals surface area contributed by atoms with Crippen molar-refractivity contribution in [3.05, 3.63) is 58.6 Å². The van der Waals surface area contributed by atoms with E-state index >= 15 is 0 Å². The fourth-order valence-corrected chi connectivity index (χ4v) is 3.34. The van der Waals surface area contributed by atoms with E-state index < -0.39 is 0 Å². The molecule has 0 aliphatic carbocycles. The molecular formula is C17H15ClN2. The third kappa shape index (κ3) is 1.76. The highest BCUT2D eigenvalue weighted by Gasteiger charge is 2.21. The van der Waals surface area contributed by atoms with Gasteiger partial charge in [0.15, 0.2) is 0 Å². The summed E-state index contributed by atoms with van der Waals surface area (Å²) < 4.78 is 0. The molecule has 1 aliphatic rings. The van der Waals surface area contributed by atoms with Gasteiger partial charge in [0.1, 0.15) is 0 Å². The maximum Gasteiger partial charge on any atom is 0.0513 e. The van der Waals surface area contributed by atoms with Crippen LogP contribution in [0.5, 0.6) is 0 Å². The smallest absolute Gasteiger partial charge is 0.0513 e. The molecule has 0 amide bonds. The molecule has 3 heteroatoms. The second kappa shape index (κ2) is 4.37. The van der Waals surface area contributed by atoms with Crippen LogP contribution in [0.25, 0.3) is 22.2 Å². The molecule has 0 bridgehead atoms. The van der Waals surface area contributed by atoms with E-state index in [9.17, 15) is 0 Å². The molecule has 3 aromatic rings. The summed E-state index contributed by atoms with van der Waals surface area (Å²) in [6.07, 6.45) is 0. The highest BCUT2D eigenvalue weighted by atomic mass is 35.5. The fraction of sp³-hybridized carbons (Fsp3) is 0.176. The van der Waals surface area contributed by atoms with Crippen molar-refractivity contribution in [1.29, 1.82) is 0 Å². The summed E-state index contributed by atoms with van der Waals surface area (Å²) in [5.74, 6) is 0. The van der Waals surface area contributed by atoms with Crippen LogP contribution in [-0.2, 0) is 13.1 Å². The van der Waals surface area contributed by atoms with Gasteiger partial charge in [-0.2, -0.15) is 0 Å². The van der Waals surface area contributed by atoms with Crippen LogP contribution in [0.3, 0.4) is 0 Å². The van der Waals surface area contributed by atoms with Crippen molar-refractivity contribution in [2.75, 3.05) is 7.05 Å². The molecule has 0 saturated carbocycles. The van der Waals surface area contributed by atoms with Crippen LogP contribution in [0.4, 0.5) is 0 Å². The number of nitrogens with one attached hydrogen (secondary N) is 1. The Labute approximate surface area is 123 Å². The summed E-state index contributed by atoms with van der Waals surface area (Å²) >= 11 is 6.15. The zero-order valence-corrected chi connectivity index (χ0v) is 12.0. The lowest BCUT2D eigenvalue weighted by Gasteiger charge is -2.14. The van der Waals surface area contributed by atoms with Crippen LogP contribution in [0.1, 0.15) is 11.1 Å². The van der Waals surface area contributed by atoms with Gasteiger partial charge in [0.2, 0.25) is 0 Å². The first-order chi connectivity index (χ1) is 9.72. The first-order valence-corrected chi connectivity index (χ1v) is 7.17. The molecule has 0 fully saturated rings. The Balaban J connectivity index is 2.06. The van der Waals surface area contributed by atoms with Gasteiger partial charge in [0, 0.05) is 34.6 Å². The molecule has 2 aromatic carbocycles. The molecule has 0 spiro atoms. The highest BCUT2D eigenvalue weighted by molar-refractivity contribution is 6.30. The molecule has 1 aliphatic heterocycles. The largest absolute Gasteiger partial charge is 0.354 e. The van der Waals surface area contributed by atoms with Crippen LogP contribution in [0.15, 0.2) is 42.5 Å². The summed E-state index contributed by atoms with van der Waals surface area (Å²) in [7, 11) is 2.15. The Bertz CT molecular complexity index is 804. The highest BCUT2D eigenvalue weighted by Crippen LogP contribution is 2.37. The van der Waals surface area contributed by atoms with Crippen molar-refractivity contribution < 1.29 is 0 Å². The fourth-order valence-electron chi connectivity index (χ4n) is 3.15. The van der Waals surface area contributed by atoms with Crippen molar-refractivity contribution >= 4 is 22.5 Å². The molecule has 1 aromatic heterocycles. The topological polar surface area (TPSA) is 19.0 Å². The van der Waals surface area contributed by atoms with E-state index in [1.54, 1.807) is 0 Å². The van der Waals surface area contributed by atoms with Crippen molar-refractivity contribution in [1.82, 2.24) is 9.88 Å². The van der Waals surface area contributed by atoms with Gasteiger partial charge in [-0.15, -0.1) is 0 Å². The van der Waals surface area contributed by atoms with E-state index in [2.05, 4.69) is 53.3 Å². The second-order valence-corrected chi connectivity index (χ2v) is 5.93. The summed E-state index contributed by atoms with van der Waals surface area (Å²) in [6.45, 7) is 1.87. The number of nitrogens with zero attached hydrogens (tertiary/aromatic N) is 1. The van der Waals surface area contributed by atoms with E-state index in [1.165, 1.54) is 33.3 Å². The van der Waals surface area contributed by atoms with Gasteiger partial charge in [0.25, 0.3) is 0 Å². The predicted molar refractivity (Wildman–Crippen MR) is 83.9 cm³/mol. The first kappa shape index (κ1) is 12.0. The SMILES string of the molecule is CN1Cc2cc(Cl)ccc2-c2[nH]c3ccccc3c2C1. The first-order valence-electron chi connectivity index (χ1n) is 6.79. The Morgan fingerprint density at radius 2 is 1.95 bits per heavy atom. The molecule has 0 unspecified atom stereocenters. The number of H-pyrrole nitrogens is 1. The quantitative estimate of drug-likeness (QED) is 0.646. The lowest BCUT2D eigenvalue weighted by atomic mass is 10.0. The molecule has 0 atom stereocenters. The number of aromatic amines is 1. The van der Waals surface area contributed by atoms with Gasteiger partial charge in [-0.3, -0.25) is 4.90 Å². The number of benzene rings is 2. The standard InChI is InChI=1S/C17H15ClN2/c1-20-9-11-8-12(18)6-7-13(11)17-15(10-20)14-4-2-3-5-16(14)19-17/h2-8,19H,9-10H2,1H3. The third-order valence-electron chi connectivity index (χ3n) is 4.02. The Morgan fingerprint density at radius 3 is 2.85 bits per heavy atom. The summed E-state index contributed by atoms with van der Waals surface area (Å²) in [5, 5.41) is 2.12. The van der Waals surface area contributed by atoms with Gasteiger partial charge in [-0.1, -0.05) is 35.9 Å². The monoisotopic (exact) mass is 282 g/mol. The number of rotatable bonds is 0. The Kier molecular flexibility index (Phi) is 2.62. The van der Waals surface area contributed by atoms with Gasteiger partial charge in [0.05, 0.1) is 5.69 Å². The molecule has 2 heterocycles. The molecule has 4 rings (SSSR count). The minimum atomic E-state index is 0.803. The van der Waals surface area contributed by atoms with Crippen LogP contribution in [0, 0.1) is 0 Å². The Morgan fingerprint density at radius 1 is 1.10 bits per heavy atom. The minimum Gasteiger partial charge on any atom is -0.354 e. The minimum absolute atomic E-state index is 0.803. The number of halogens is 1. The van der Waals surface area contributed by atoms with Crippen molar-refractivity contribution in [2.24, 2.45) is 0 Å². The number of hydrogen-bond donors (Lipinski definition) is 1. The van der Waals surface area contributed by atoms with Crippen LogP contribution < -0.4 is 0 Å². The normalized spacial score (nSPS) is 14.9. The maximum atomic E-state index is 6.15. The summed E-state index contributed by atoms with van der Waals surface area (Å²) in [4.78, 5) is 5.92. The molecule has 20 heavy (non-hydrogen) atoms.